The first kappa shape index (κ1) is 22.2. The van der Waals surface area contributed by atoms with Crippen molar-refractivity contribution in [2.75, 3.05) is 5.43 Å². The number of carbonyl (C=O) groups is 1. The monoisotopic (exact) mass is 416 g/mol. The van der Waals surface area contributed by atoms with E-state index in [0.717, 1.165) is 6.07 Å². The van der Waals surface area contributed by atoms with E-state index in [0.29, 0.717) is 0 Å². The Labute approximate surface area is 151 Å². The first-order chi connectivity index (χ1) is 12.0. The lowest BCUT2D eigenvalue weighted by molar-refractivity contribution is -0.384. The highest BCUT2D eigenvalue weighted by atomic mass is 32.2. The number of ether oxygens (including phenoxy) is 1. The molecule has 1 heterocycles. The van der Waals surface area contributed by atoms with Crippen molar-refractivity contribution < 1.29 is 40.2 Å². The number of aryl methyl sites for hydroxylation is 1. The van der Waals surface area contributed by atoms with E-state index in [9.17, 15) is 36.5 Å². The lowest BCUT2D eigenvalue weighted by atomic mass is 10.2. The predicted molar refractivity (Wildman–Crippen MR) is 84.2 cm³/mol. The van der Waals surface area contributed by atoms with Gasteiger partial charge in [-0.05, 0) is 33.8 Å². The molecule has 0 bridgehead atoms. The Morgan fingerprint density at radius 2 is 1.85 bits per heavy atom. The van der Waals surface area contributed by atoms with Gasteiger partial charge >= 0.3 is 33.3 Å². The average molecular weight is 416 g/mol. The maximum absolute atomic E-state index is 12.5. The highest BCUT2D eigenvalue weighted by Gasteiger charge is 2.50. The summed E-state index contributed by atoms with van der Waals surface area (Å²) in [5.41, 5.74) is -4.70. The summed E-state index contributed by atoms with van der Waals surface area (Å²) in [5.74, 6) is -1.43. The normalized spacial score (nSPS) is 12.3. The van der Waals surface area contributed by atoms with E-state index in [2.05, 4.69) is 14.6 Å². The number of alkyl halides is 3. The highest BCUT2D eigenvalue weighted by Crippen LogP contribution is 2.36. The van der Waals surface area contributed by atoms with Crippen molar-refractivity contribution in [3.05, 3.63) is 21.9 Å². The largest absolute Gasteiger partial charge is 0.534 e. The minimum atomic E-state index is -6.20. The molecule has 152 valence electrons. The lowest BCUT2D eigenvalue weighted by Gasteiger charge is -2.20. The maximum atomic E-state index is 12.5. The van der Waals surface area contributed by atoms with Gasteiger partial charge in [0.05, 0.1) is 4.92 Å². The second-order valence-electron chi connectivity index (χ2n) is 5.96. The Kier molecular flexibility index (Phi) is 6.10. The van der Waals surface area contributed by atoms with Crippen molar-refractivity contribution >= 4 is 27.6 Å². The summed E-state index contributed by atoms with van der Waals surface area (Å²) in [6.45, 7) is 5.83. The highest BCUT2D eigenvalue weighted by molar-refractivity contribution is 7.88. The van der Waals surface area contributed by atoms with Gasteiger partial charge in [0, 0.05) is 5.69 Å². The number of nitrogens with one attached hydrogen (secondary N) is 2. The van der Waals surface area contributed by atoms with Gasteiger partial charge < -0.3 is 8.92 Å². The number of hydrogen-bond donors (Lipinski definition) is 2. The van der Waals surface area contributed by atoms with Gasteiger partial charge in [-0.25, -0.2) is 15.2 Å². The first-order valence-corrected chi connectivity index (χ1v) is 8.36. The Hall–Kier alpha value is -2.84. The molecule has 11 nitrogen and oxygen atoms in total. The molecule has 27 heavy (non-hydrogen) atoms. The van der Waals surface area contributed by atoms with E-state index in [1.807, 2.05) is 5.43 Å². The zero-order valence-corrected chi connectivity index (χ0v) is 15.2. The topological polar surface area (TPSA) is 150 Å². The summed E-state index contributed by atoms with van der Waals surface area (Å²) in [6, 6.07) is 0.975. The zero-order valence-electron chi connectivity index (χ0n) is 14.4. The standard InChI is InChI=1S/C12H15F3N4O7S/c1-6-5-7(17-18-10(20)25-11(2,3)4)8(19(21)22)9(16-6)26-27(23,24)12(13,14)15/h5H,1-4H3,(H,16,17)(H,18,20). The lowest BCUT2D eigenvalue weighted by Crippen LogP contribution is -2.36. The molecule has 15 heteroatoms. The number of hydrogen-bond acceptors (Lipinski definition) is 9. The van der Waals surface area contributed by atoms with Crippen LogP contribution in [0.15, 0.2) is 6.07 Å². The average Bonchev–Trinajstić information content (AvgIpc) is 2.40. The van der Waals surface area contributed by atoms with Crippen LogP contribution in [0.2, 0.25) is 0 Å². The molecule has 0 fully saturated rings. The van der Waals surface area contributed by atoms with Crippen LogP contribution in [0.3, 0.4) is 0 Å². The number of aromatic nitrogens is 1. The summed E-state index contributed by atoms with van der Waals surface area (Å²) in [5, 5.41) is 11.2. The first-order valence-electron chi connectivity index (χ1n) is 6.95. The van der Waals surface area contributed by atoms with Gasteiger partial charge in [-0.2, -0.15) is 21.6 Å². The number of anilines is 1. The molecular formula is C12H15F3N4O7S. The van der Waals surface area contributed by atoms with E-state index < -0.39 is 49.5 Å². The summed E-state index contributed by atoms with van der Waals surface area (Å²) >= 11 is 0. The van der Waals surface area contributed by atoms with Gasteiger partial charge in [0.1, 0.15) is 11.3 Å². The van der Waals surface area contributed by atoms with Gasteiger partial charge in [0.2, 0.25) is 0 Å². The van der Waals surface area contributed by atoms with E-state index in [1.165, 1.54) is 6.92 Å². The van der Waals surface area contributed by atoms with Crippen LogP contribution >= 0.6 is 0 Å². The molecule has 1 amide bonds. The zero-order chi connectivity index (χ0) is 21.2. The quantitative estimate of drug-likeness (QED) is 0.319. The molecule has 0 unspecified atom stereocenters. The van der Waals surface area contributed by atoms with Gasteiger partial charge in [0.15, 0.2) is 0 Å². The number of pyridine rings is 1. The van der Waals surface area contributed by atoms with Crippen LogP contribution in [-0.4, -0.2) is 35.5 Å². The second-order valence-corrected chi connectivity index (χ2v) is 7.49. The molecule has 0 aliphatic heterocycles. The third-order valence-corrected chi connectivity index (χ3v) is 3.39. The predicted octanol–water partition coefficient (Wildman–Crippen LogP) is 2.38. The molecule has 0 radical (unpaired) electrons. The van der Waals surface area contributed by atoms with Crippen molar-refractivity contribution in [3.63, 3.8) is 0 Å². The molecular weight excluding hydrogens is 401 g/mol. The van der Waals surface area contributed by atoms with Crippen molar-refractivity contribution in [3.8, 4) is 5.88 Å². The van der Waals surface area contributed by atoms with Crippen LogP contribution in [0, 0.1) is 17.0 Å². The van der Waals surface area contributed by atoms with Gasteiger partial charge in [-0.1, -0.05) is 0 Å². The number of amides is 1. The summed E-state index contributed by atoms with van der Waals surface area (Å²) in [7, 11) is -6.20. The molecule has 0 spiro atoms. The molecule has 2 N–H and O–H groups in total. The molecule has 0 aliphatic carbocycles. The molecule has 0 aromatic carbocycles. The van der Waals surface area contributed by atoms with Gasteiger partial charge in [-0.3, -0.25) is 15.5 Å². The number of halogens is 3. The van der Waals surface area contributed by atoms with Crippen molar-refractivity contribution in [1.82, 2.24) is 10.4 Å². The number of rotatable bonds is 5. The van der Waals surface area contributed by atoms with E-state index in [1.54, 1.807) is 20.8 Å². The third kappa shape index (κ3) is 6.12. The Morgan fingerprint density at radius 3 is 2.30 bits per heavy atom. The SMILES string of the molecule is Cc1cc(NNC(=O)OC(C)(C)C)c([N+](=O)[O-])c(OS(=O)(=O)C(F)(F)F)n1. The van der Waals surface area contributed by atoms with Gasteiger partial charge in [0.25, 0.3) is 0 Å². The summed E-state index contributed by atoms with van der Waals surface area (Å²) in [4.78, 5) is 24.9. The third-order valence-electron chi connectivity index (χ3n) is 2.44. The van der Waals surface area contributed by atoms with Crippen LogP contribution in [0.5, 0.6) is 5.88 Å². The Bertz CT molecular complexity index is 850. The Morgan fingerprint density at radius 1 is 1.30 bits per heavy atom. The smallest absolute Gasteiger partial charge is 0.443 e. The van der Waals surface area contributed by atoms with Crippen molar-refractivity contribution in [2.24, 2.45) is 0 Å². The minimum Gasteiger partial charge on any atom is -0.443 e. The van der Waals surface area contributed by atoms with Crippen LogP contribution in [0.4, 0.5) is 29.3 Å². The van der Waals surface area contributed by atoms with Crippen molar-refractivity contribution in [1.29, 1.82) is 0 Å². The van der Waals surface area contributed by atoms with Crippen LogP contribution in [-0.2, 0) is 14.9 Å². The Balaban J connectivity index is 3.26. The number of nitro groups is 1. The fourth-order valence-corrected chi connectivity index (χ4v) is 1.96. The van der Waals surface area contributed by atoms with E-state index in [-0.39, 0.29) is 5.69 Å². The number of carbonyl (C=O) groups excluding carboxylic acids is 1. The molecule has 1 aromatic heterocycles. The second kappa shape index (κ2) is 7.42. The molecule has 0 aliphatic rings. The molecule has 0 saturated heterocycles. The minimum absolute atomic E-state index is 0.138. The fourth-order valence-electron chi connectivity index (χ4n) is 1.54. The van der Waals surface area contributed by atoms with Crippen molar-refractivity contribution in [2.45, 2.75) is 38.8 Å². The molecule has 0 saturated carbocycles. The summed E-state index contributed by atoms with van der Waals surface area (Å²) < 4.78 is 68.3. The molecule has 0 atom stereocenters. The number of hydrazine groups is 1. The van der Waals surface area contributed by atoms with E-state index in [4.69, 9.17) is 4.74 Å². The van der Waals surface area contributed by atoms with Crippen LogP contribution < -0.4 is 15.0 Å². The van der Waals surface area contributed by atoms with Gasteiger partial charge in [-0.15, -0.1) is 0 Å². The molecule has 1 rings (SSSR count). The van der Waals surface area contributed by atoms with Crippen LogP contribution in [0.25, 0.3) is 0 Å². The fraction of sp³-hybridized carbons (Fsp3) is 0.500. The number of nitrogens with zero attached hydrogens (tertiary/aromatic N) is 2. The molecule has 1 aromatic rings. The van der Waals surface area contributed by atoms with Crippen LogP contribution in [0.1, 0.15) is 26.5 Å². The summed E-state index contributed by atoms with van der Waals surface area (Å²) in [6.07, 6.45) is -1.06. The maximum Gasteiger partial charge on any atom is 0.534 e. The van der Waals surface area contributed by atoms with E-state index >= 15 is 0 Å².